The van der Waals surface area contributed by atoms with Crippen LogP contribution in [0.15, 0.2) is 97.1 Å². The number of nitrogen functional groups attached to an aromatic ring is 2. The number of benzene rings is 4. The summed E-state index contributed by atoms with van der Waals surface area (Å²) in [6.45, 7) is 0. The zero-order valence-corrected chi connectivity index (χ0v) is 23.4. The lowest BCUT2D eigenvalue weighted by Crippen LogP contribution is -2.03. The van der Waals surface area contributed by atoms with E-state index in [2.05, 4.69) is 20.6 Å². The van der Waals surface area contributed by atoms with E-state index in [4.69, 9.17) is 11.5 Å². The van der Waals surface area contributed by atoms with Crippen LogP contribution in [0.1, 0.15) is 15.9 Å². The van der Waals surface area contributed by atoms with Crippen molar-refractivity contribution in [1.29, 1.82) is 0 Å². The van der Waals surface area contributed by atoms with Crippen LogP contribution in [0.25, 0.3) is 20.9 Å². The van der Waals surface area contributed by atoms with Gasteiger partial charge in [-0.1, -0.05) is 71.2 Å². The highest BCUT2D eigenvalue weighted by molar-refractivity contribution is 7.20. The summed E-state index contributed by atoms with van der Waals surface area (Å²) in [5.74, 6) is -1.48. The number of carbonyl (C=O) groups excluding carboxylic acids is 1. The zero-order valence-electron chi connectivity index (χ0n) is 21.8. The Balaban J connectivity index is 1.21. The van der Waals surface area contributed by atoms with Gasteiger partial charge in [-0.25, -0.2) is 18.7 Å². The molecule has 6 aromatic rings. The number of rotatable bonds is 8. The van der Waals surface area contributed by atoms with Crippen molar-refractivity contribution >= 4 is 61.7 Å². The van der Waals surface area contributed by atoms with Crippen LogP contribution in [0.3, 0.4) is 0 Å². The average Bonchev–Trinajstić information content (AvgIpc) is 3.54. The topological polar surface area (TPSA) is 119 Å². The van der Waals surface area contributed by atoms with Crippen LogP contribution < -0.4 is 22.1 Å². The Morgan fingerprint density at radius 2 is 1.02 bits per heavy atom. The Labute approximate surface area is 247 Å². The van der Waals surface area contributed by atoms with Crippen LogP contribution >= 0.6 is 22.7 Å². The second kappa shape index (κ2) is 11.4. The molecule has 0 spiro atoms. The molecule has 6 rings (SSSR count). The number of carbonyl (C=O) groups is 1. The number of hydrogen-bond acceptors (Lipinski definition) is 9. The summed E-state index contributed by atoms with van der Waals surface area (Å²) in [4.78, 5) is 22.6. The summed E-state index contributed by atoms with van der Waals surface area (Å²) >= 11 is 2.39. The van der Waals surface area contributed by atoms with Crippen LogP contribution in [0, 0.1) is 11.6 Å². The SMILES string of the molecule is Nc1nc(Nc2ccccc2)sc1-c1ccc(C(=O)c2ccc(-c3sc(Nc4ccccc4)nc3N)c(F)c2)cc1F. The second-order valence-corrected chi connectivity index (χ2v) is 11.2. The van der Waals surface area contributed by atoms with Gasteiger partial charge in [0.2, 0.25) is 0 Å². The molecule has 2 heterocycles. The van der Waals surface area contributed by atoms with E-state index in [1.807, 2.05) is 60.7 Å². The molecule has 0 amide bonds. The molecule has 0 aliphatic rings. The third kappa shape index (κ3) is 5.55. The van der Waals surface area contributed by atoms with Gasteiger partial charge in [0.05, 0.1) is 9.75 Å². The molecule has 11 heteroatoms. The minimum atomic E-state index is -0.643. The van der Waals surface area contributed by atoms with Gasteiger partial charge in [-0.05, 0) is 48.5 Å². The summed E-state index contributed by atoms with van der Waals surface area (Å²) in [6, 6.07) is 27.0. The van der Waals surface area contributed by atoms with Crippen molar-refractivity contribution in [3.8, 4) is 20.9 Å². The van der Waals surface area contributed by atoms with Gasteiger partial charge < -0.3 is 22.1 Å². The predicted octanol–water partition coefficient (Wildman–Crippen LogP) is 8.09. The van der Waals surface area contributed by atoms with Gasteiger partial charge in [-0.2, -0.15) is 0 Å². The summed E-state index contributed by atoms with van der Waals surface area (Å²) in [7, 11) is 0. The van der Waals surface area contributed by atoms with E-state index >= 15 is 8.78 Å². The lowest BCUT2D eigenvalue weighted by atomic mass is 9.99. The number of ketones is 1. The van der Waals surface area contributed by atoms with Gasteiger partial charge in [0.1, 0.15) is 23.3 Å². The third-order valence-corrected chi connectivity index (χ3v) is 8.35. The van der Waals surface area contributed by atoms with Crippen molar-refractivity contribution in [1.82, 2.24) is 9.97 Å². The number of nitrogens with zero attached hydrogens (tertiary/aromatic N) is 2. The van der Waals surface area contributed by atoms with Crippen molar-refractivity contribution in [2.75, 3.05) is 22.1 Å². The number of halogens is 2. The molecule has 0 atom stereocenters. The molecule has 0 radical (unpaired) electrons. The summed E-state index contributed by atoms with van der Waals surface area (Å²) in [5, 5.41) is 7.30. The highest BCUT2D eigenvalue weighted by Gasteiger charge is 2.20. The Morgan fingerprint density at radius 3 is 1.40 bits per heavy atom. The molecule has 7 nitrogen and oxygen atoms in total. The molecule has 208 valence electrons. The van der Waals surface area contributed by atoms with Gasteiger partial charge in [0.15, 0.2) is 16.0 Å². The number of hydrogen-bond donors (Lipinski definition) is 4. The van der Waals surface area contributed by atoms with Crippen molar-refractivity contribution in [2.45, 2.75) is 0 Å². The van der Waals surface area contributed by atoms with Gasteiger partial charge in [-0.15, -0.1) is 0 Å². The van der Waals surface area contributed by atoms with Crippen LogP contribution in [0.2, 0.25) is 0 Å². The fourth-order valence-corrected chi connectivity index (χ4v) is 6.16. The van der Waals surface area contributed by atoms with Gasteiger partial charge in [0.25, 0.3) is 0 Å². The molecule has 4 aromatic carbocycles. The summed E-state index contributed by atoms with van der Waals surface area (Å²) in [6.07, 6.45) is 0. The molecular formula is C31H22F2N6OS2. The maximum Gasteiger partial charge on any atom is 0.193 e. The molecule has 0 aliphatic heterocycles. The van der Waals surface area contributed by atoms with E-state index < -0.39 is 17.4 Å². The minimum Gasteiger partial charge on any atom is -0.382 e. The maximum absolute atomic E-state index is 15.2. The number of para-hydroxylation sites is 2. The van der Waals surface area contributed by atoms with E-state index in [0.717, 1.165) is 23.5 Å². The first kappa shape index (κ1) is 27.1. The number of aromatic nitrogens is 2. The van der Waals surface area contributed by atoms with Gasteiger partial charge >= 0.3 is 0 Å². The van der Waals surface area contributed by atoms with Crippen molar-refractivity contribution < 1.29 is 13.6 Å². The molecule has 0 unspecified atom stereocenters. The smallest absolute Gasteiger partial charge is 0.193 e. The monoisotopic (exact) mass is 596 g/mol. The molecule has 0 saturated carbocycles. The second-order valence-electron chi connectivity index (χ2n) is 9.17. The van der Waals surface area contributed by atoms with Crippen molar-refractivity contribution in [3.63, 3.8) is 0 Å². The molecule has 6 N–H and O–H groups in total. The fourth-order valence-electron chi connectivity index (χ4n) is 4.29. The maximum atomic E-state index is 15.2. The van der Waals surface area contributed by atoms with Crippen LogP contribution in [0.5, 0.6) is 0 Å². The predicted molar refractivity (Wildman–Crippen MR) is 167 cm³/mol. The van der Waals surface area contributed by atoms with E-state index in [0.29, 0.717) is 20.0 Å². The van der Waals surface area contributed by atoms with Crippen molar-refractivity contribution in [3.05, 3.63) is 120 Å². The first-order valence-electron chi connectivity index (χ1n) is 12.7. The van der Waals surface area contributed by atoms with Crippen LogP contribution in [-0.2, 0) is 0 Å². The molecule has 2 aromatic heterocycles. The number of nitrogens with two attached hydrogens (primary N) is 2. The Hall–Kier alpha value is -5.13. The quantitative estimate of drug-likeness (QED) is 0.131. The number of anilines is 6. The Morgan fingerprint density at radius 1 is 0.619 bits per heavy atom. The van der Waals surface area contributed by atoms with E-state index in [9.17, 15) is 4.79 Å². The van der Waals surface area contributed by atoms with E-state index in [1.165, 1.54) is 46.9 Å². The lowest BCUT2D eigenvalue weighted by molar-refractivity contribution is 0.103. The van der Waals surface area contributed by atoms with E-state index in [-0.39, 0.29) is 33.9 Å². The highest BCUT2D eigenvalue weighted by Crippen LogP contribution is 2.39. The molecule has 0 fully saturated rings. The fraction of sp³-hybridized carbons (Fsp3) is 0. The molecule has 0 aliphatic carbocycles. The summed E-state index contributed by atoms with van der Waals surface area (Å²) in [5.41, 5.74) is 14.4. The Bertz CT molecular complexity index is 1770. The lowest BCUT2D eigenvalue weighted by Gasteiger charge is -2.07. The third-order valence-electron chi connectivity index (χ3n) is 6.31. The number of nitrogens with one attached hydrogen (secondary N) is 2. The van der Waals surface area contributed by atoms with E-state index in [1.54, 1.807) is 0 Å². The normalized spacial score (nSPS) is 10.9. The first-order valence-corrected chi connectivity index (χ1v) is 14.3. The van der Waals surface area contributed by atoms with Gasteiger partial charge in [0, 0.05) is 33.6 Å². The minimum absolute atomic E-state index is 0.0702. The number of thiazole rings is 2. The van der Waals surface area contributed by atoms with Crippen LogP contribution in [-0.4, -0.2) is 15.8 Å². The first-order chi connectivity index (χ1) is 20.4. The molecular weight excluding hydrogens is 575 g/mol. The molecule has 0 saturated heterocycles. The van der Waals surface area contributed by atoms with Gasteiger partial charge in [-0.3, -0.25) is 4.79 Å². The zero-order chi connectivity index (χ0) is 29.2. The van der Waals surface area contributed by atoms with Crippen LogP contribution in [0.4, 0.5) is 42.1 Å². The highest BCUT2D eigenvalue weighted by atomic mass is 32.1. The molecule has 42 heavy (non-hydrogen) atoms. The average molecular weight is 597 g/mol. The Kier molecular flexibility index (Phi) is 7.34. The largest absolute Gasteiger partial charge is 0.382 e. The standard InChI is InChI=1S/C31H22F2N6OS2/c32-23-15-17(11-13-21(23)26-28(34)38-30(41-26)36-19-7-3-1-4-8-19)25(40)18-12-14-22(24(33)16-18)27-29(35)39-31(42-27)37-20-9-5-2-6-10-20/h1-16H,34-35H2,(H,36,38)(H,37,39). The molecule has 0 bridgehead atoms. The summed E-state index contributed by atoms with van der Waals surface area (Å²) < 4.78 is 30.5. The van der Waals surface area contributed by atoms with Crippen molar-refractivity contribution in [2.24, 2.45) is 0 Å².